The number of benzene rings is 1. The van der Waals surface area contributed by atoms with Gasteiger partial charge in [-0.15, -0.1) is 0 Å². The average Bonchev–Trinajstić information content (AvgIpc) is 2.29. The van der Waals surface area contributed by atoms with E-state index in [1.54, 1.807) is 6.07 Å². The van der Waals surface area contributed by atoms with Crippen molar-refractivity contribution in [1.29, 1.82) is 0 Å². The Morgan fingerprint density at radius 3 is 2.59 bits per heavy atom. The highest BCUT2D eigenvalue weighted by Crippen LogP contribution is 2.23. The van der Waals surface area contributed by atoms with E-state index in [1.807, 2.05) is 18.2 Å². The molecule has 1 aromatic rings. The van der Waals surface area contributed by atoms with Crippen LogP contribution in [0, 0.1) is 5.41 Å². The first-order valence-corrected chi connectivity index (χ1v) is 7.49. The summed E-state index contributed by atoms with van der Waals surface area (Å²) in [6.07, 6.45) is 1.89. The molecule has 1 unspecified atom stereocenters. The highest BCUT2D eigenvalue weighted by molar-refractivity contribution is 7.85. The van der Waals surface area contributed by atoms with Crippen molar-refractivity contribution in [1.82, 2.24) is 0 Å². The summed E-state index contributed by atoms with van der Waals surface area (Å²) in [5.41, 5.74) is 5.79. The molecular formula is C13H20ClNOS. The molecule has 4 heteroatoms. The molecule has 0 fully saturated rings. The van der Waals surface area contributed by atoms with Gasteiger partial charge < -0.3 is 5.73 Å². The zero-order chi connectivity index (χ0) is 12.9. The second kappa shape index (κ2) is 6.53. The maximum Gasteiger partial charge on any atom is 0.0574 e. The Balaban J connectivity index is 2.49. The Kier molecular flexibility index (Phi) is 5.63. The van der Waals surface area contributed by atoms with Gasteiger partial charge in [0.2, 0.25) is 0 Å². The van der Waals surface area contributed by atoms with Gasteiger partial charge in [-0.1, -0.05) is 37.6 Å². The second-order valence-electron chi connectivity index (χ2n) is 4.95. The van der Waals surface area contributed by atoms with Crippen LogP contribution in [0.5, 0.6) is 0 Å². The summed E-state index contributed by atoms with van der Waals surface area (Å²) in [5.74, 6) is 0.646. The number of halogens is 1. The molecular weight excluding hydrogens is 254 g/mol. The third-order valence-electron chi connectivity index (χ3n) is 2.82. The van der Waals surface area contributed by atoms with Gasteiger partial charge in [-0.3, -0.25) is 4.21 Å². The van der Waals surface area contributed by atoms with Crippen molar-refractivity contribution in [2.75, 3.05) is 12.3 Å². The van der Waals surface area contributed by atoms with Crippen LogP contribution in [-0.4, -0.2) is 16.5 Å². The SMILES string of the molecule is CC(C)(CN)CCCS(=O)c1ccccc1Cl. The lowest BCUT2D eigenvalue weighted by molar-refractivity contribution is 0.344. The molecule has 0 spiro atoms. The molecule has 0 aliphatic heterocycles. The zero-order valence-electron chi connectivity index (χ0n) is 10.4. The monoisotopic (exact) mass is 273 g/mol. The number of hydrogen-bond acceptors (Lipinski definition) is 2. The molecule has 0 aliphatic rings. The molecule has 0 radical (unpaired) electrons. The van der Waals surface area contributed by atoms with Gasteiger partial charge in [-0.2, -0.15) is 0 Å². The third kappa shape index (κ3) is 4.78. The largest absolute Gasteiger partial charge is 0.330 e. The summed E-state index contributed by atoms with van der Waals surface area (Å²) in [6.45, 7) is 4.92. The van der Waals surface area contributed by atoms with Crippen LogP contribution >= 0.6 is 11.6 Å². The molecule has 0 aromatic heterocycles. The van der Waals surface area contributed by atoms with Crippen molar-refractivity contribution >= 4 is 22.4 Å². The van der Waals surface area contributed by atoms with Gasteiger partial charge in [-0.05, 0) is 36.9 Å². The minimum Gasteiger partial charge on any atom is -0.330 e. The fourth-order valence-electron chi connectivity index (χ4n) is 1.52. The zero-order valence-corrected chi connectivity index (χ0v) is 12.0. The molecule has 1 rings (SSSR count). The third-order valence-corrected chi connectivity index (χ3v) is 4.77. The topological polar surface area (TPSA) is 43.1 Å². The fourth-order valence-corrected chi connectivity index (χ4v) is 3.06. The maximum absolute atomic E-state index is 12.0. The normalized spacial score (nSPS) is 13.6. The van der Waals surface area contributed by atoms with Gasteiger partial charge in [0.15, 0.2) is 0 Å². The van der Waals surface area contributed by atoms with Gasteiger partial charge >= 0.3 is 0 Å². The number of rotatable bonds is 6. The summed E-state index contributed by atoms with van der Waals surface area (Å²) in [6, 6.07) is 7.31. The molecule has 1 aromatic carbocycles. The van der Waals surface area contributed by atoms with E-state index >= 15 is 0 Å². The van der Waals surface area contributed by atoms with Crippen LogP contribution < -0.4 is 5.73 Å². The van der Waals surface area contributed by atoms with E-state index in [2.05, 4.69) is 13.8 Å². The van der Waals surface area contributed by atoms with Crippen molar-refractivity contribution in [3.05, 3.63) is 29.3 Å². The molecule has 17 heavy (non-hydrogen) atoms. The van der Waals surface area contributed by atoms with Crippen LogP contribution in [-0.2, 0) is 10.8 Å². The van der Waals surface area contributed by atoms with E-state index in [4.69, 9.17) is 17.3 Å². The average molecular weight is 274 g/mol. The van der Waals surface area contributed by atoms with E-state index in [1.165, 1.54) is 0 Å². The van der Waals surface area contributed by atoms with Crippen molar-refractivity contribution < 1.29 is 4.21 Å². The van der Waals surface area contributed by atoms with Gasteiger partial charge in [0.25, 0.3) is 0 Å². The highest BCUT2D eigenvalue weighted by Gasteiger charge is 2.16. The van der Waals surface area contributed by atoms with Crippen LogP contribution in [0.1, 0.15) is 26.7 Å². The summed E-state index contributed by atoms with van der Waals surface area (Å²) < 4.78 is 12.0. The van der Waals surface area contributed by atoms with E-state index in [0.717, 1.165) is 17.7 Å². The van der Waals surface area contributed by atoms with Crippen LogP contribution in [0.25, 0.3) is 0 Å². The van der Waals surface area contributed by atoms with Crippen LogP contribution in [0.4, 0.5) is 0 Å². The molecule has 0 heterocycles. The van der Waals surface area contributed by atoms with Crippen LogP contribution in [0.3, 0.4) is 0 Å². The quantitative estimate of drug-likeness (QED) is 0.865. The minimum atomic E-state index is -1.00. The Morgan fingerprint density at radius 1 is 1.35 bits per heavy atom. The number of nitrogens with two attached hydrogens (primary N) is 1. The Bertz CT molecular complexity index is 393. The smallest absolute Gasteiger partial charge is 0.0574 e. The maximum atomic E-state index is 12.0. The van der Waals surface area contributed by atoms with Gasteiger partial charge in [0, 0.05) is 5.75 Å². The van der Waals surface area contributed by atoms with E-state index in [9.17, 15) is 4.21 Å². The summed E-state index contributed by atoms with van der Waals surface area (Å²) in [5, 5.41) is 0.587. The number of hydrogen-bond donors (Lipinski definition) is 1. The molecule has 0 saturated heterocycles. The lowest BCUT2D eigenvalue weighted by Gasteiger charge is -2.21. The van der Waals surface area contributed by atoms with Crippen LogP contribution in [0.2, 0.25) is 5.02 Å². The minimum absolute atomic E-state index is 0.130. The molecule has 0 aliphatic carbocycles. The molecule has 96 valence electrons. The predicted molar refractivity (Wildman–Crippen MR) is 74.8 cm³/mol. The molecule has 2 nitrogen and oxygen atoms in total. The molecule has 1 atom stereocenters. The van der Waals surface area contributed by atoms with E-state index in [-0.39, 0.29) is 5.41 Å². The summed E-state index contributed by atoms with van der Waals surface area (Å²) in [7, 11) is -1.00. The van der Waals surface area contributed by atoms with E-state index < -0.39 is 10.8 Å². The Hall–Kier alpha value is -0.380. The first-order valence-electron chi connectivity index (χ1n) is 5.79. The van der Waals surface area contributed by atoms with Crippen molar-refractivity contribution in [2.45, 2.75) is 31.6 Å². The van der Waals surface area contributed by atoms with Crippen molar-refractivity contribution in [2.24, 2.45) is 11.1 Å². The molecule has 0 bridgehead atoms. The lowest BCUT2D eigenvalue weighted by Crippen LogP contribution is -2.23. The van der Waals surface area contributed by atoms with Crippen LogP contribution in [0.15, 0.2) is 29.2 Å². The molecule has 0 amide bonds. The van der Waals surface area contributed by atoms with Crippen molar-refractivity contribution in [3.8, 4) is 0 Å². The van der Waals surface area contributed by atoms with Gasteiger partial charge in [0.05, 0.1) is 20.7 Å². The Labute approximate surface area is 111 Å². The second-order valence-corrected chi connectivity index (χ2v) is 6.90. The fraction of sp³-hybridized carbons (Fsp3) is 0.538. The highest BCUT2D eigenvalue weighted by atomic mass is 35.5. The standard InChI is InChI=1S/C13H20ClNOS/c1-13(2,10-15)8-5-9-17(16)12-7-4-3-6-11(12)14/h3-4,6-7H,5,8-10,15H2,1-2H3. The first-order chi connectivity index (χ1) is 7.96. The molecule has 2 N–H and O–H groups in total. The van der Waals surface area contributed by atoms with E-state index in [0.29, 0.717) is 17.3 Å². The summed E-state index contributed by atoms with van der Waals surface area (Å²) >= 11 is 6.00. The lowest BCUT2D eigenvalue weighted by atomic mass is 9.88. The van der Waals surface area contributed by atoms with Gasteiger partial charge in [0.1, 0.15) is 0 Å². The predicted octanol–water partition coefficient (Wildman–Crippen LogP) is 3.21. The van der Waals surface area contributed by atoms with Gasteiger partial charge in [-0.25, -0.2) is 0 Å². The Morgan fingerprint density at radius 2 is 2.00 bits per heavy atom. The van der Waals surface area contributed by atoms with Crippen molar-refractivity contribution in [3.63, 3.8) is 0 Å². The molecule has 0 saturated carbocycles. The summed E-state index contributed by atoms with van der Waals surface area (Å²) in [4.78, 5) is 0.736. The first kappa shape index (κ1) is 14.7.